The van der Waals surface area contributed by atoms with Gasteiger partial charge in [-0.15, -0.1) is 0 Å². The average molecular weight is 293 g/mol. The lowest BCUT2D eigenvalue weighted by Gasteiger charge is -2.23. The minimum atomic E-state index is -0.545. The zero-order valence-corrected chi connectivity index (χ0v) is 13.4. The second-order valence-corrected chi connectivity index (χ2v) is 5.29. The van der Waals surface area contributed by atoms with E-state index in [1.165, 1.54) is 0 Å². The third kappa shape index (κ3) is 6.14. The van der Waals surface area contributed by atoms with Gasteiger partial charge >= 0.3 is 6.03 Å². The Morgan fingerprint density at radius 1 is 1.29 bits per heavy atom. The van der Waals surface area contributed by atoms with Gasteiger partial charge in [0.2, 0.25) is 0 Å². The highest BCUT2D eigenvalue weighted by molar-refractivity contribution is 5.89. The molecule has 1 aromatic carbocycles. The summed E-state index contributed by atoms with van der Waals surface area (Å²) in [5.41, 5.74) is 1.46. The van der Waals surface area contributed by atoms with Crippen LogP contribution in [0.5, 0.6) is 0 Å². The highest BCUT2D eigenvalue weighted by Gasteiger charge is 2.11. The summed E-state index contributed by atoms with van der Waals surface area (Å²) < 4.78 is 0. The Morgan fingerprint density at radius 2 is 1.95 bits per heavy atom. The third-order valence-corrected chi connectivity index (χ3v) is 3.43. The number of amides is 2. The van der Waals surface area contributed by atoms with E-state index >= 15 is 0 Å². The van der Waals surface area contributed by atoms with Crippen molar-refractivity contribution in [3.8, 4) is 0 Å². The Balaban J connectivity index is 2.51. The normalized spacial score (nSPS) is 13.8. The molecule has 0 bridgehead atoms. The van der Waals surface area contributed by atoms with Gasteiger partial charge in [0.25, 0.3) is 0 Å². The fourth-order valence-corrected chi connectivity index (χ4v) is 2.18. The van der Waals surface area contributed by atoms with Gasteiger partial charge in [0.15, 0.2) is 0 Å². The maximum Gasteiger partial charge on any atom is 0.319 e. The third-order valence-electron chi connectivity index (χ3n) is 3.43. The molecule has 2 atom stereocenters. The van der Waals surface area contributed by atoms with Crippen LogP contribution in [0.1, 0.15) is 39.4 Å². The molecule has 2 amide bonds. The highest BCUT2D eigenvalue weighted by Crippen LogP contribution is 2.16. The maximum absolute atomic E-state index is 12.0. The zero-order chi connectivity index (χ0) is 15.8. The minimum absolute atomic E-state index is 0.0739. The number of hydrogen-bond acceptors (Lipinski definition) is 3. The highest BCUT2D eigenvalue weighted by atomic mass is 16.3. The number of aliphatic hydroxyl groups is 1. The number of carbonyl (C=O) groups is 1. The molecule has 5 heteroatoms. The fourth-order valence-electron chi connectivity index (χ4n) is 2.18. The number of carbonyl (C=O) groups excluding carboxylic acids is 1. The van der Waals surface area contributed by atoms with E-state index in [1.54, 1.807) is 19.1 Å². The van der Waals surface area contributed by atoms with E-state index in [1.807, 2.05) is 19.1 Å². The number of hydrogen-bond donors (Lipinski definition) is 3. The molecule has 5 nitrogen and oxygen atoms in total. The molecule has 0 saturated heterocycles. The summed E-state index contributed by atoms with van der Waals surface area (Å²) in [4.78, 5) is 14.2. The predicted molar refractivity (Wildman–Crippen MR) is 86.5 cm³/mol. The molecular weight excluding hydrogens is 266 g/mol. The molecule has 1 aromatic rings. The lowest BCUT2D eigenvalue weighted by molar-refractivity contribution is 0.199. The summed E-state index contributed by atoms with van der Waals surface area (Å²) in [6, 6.07) is 7.08. The summed E-state index contributed by atoms with van der Waals surface area (Å²) in [7, 11) is 0. The van der Waals surface area contributed by atoms with E-state index in [9.17, 15) is 9.90 Å². The van der Waals surface area contributed by atoms with Gasteiger partial charge in [-0.25, -0.2) is 4.79 Å². The number of rotatable bonds is 7. The lowest BCUT2D eigenvalue weighted by atomic mass is 10.1. The molecule has 118 valence electrons. The van der Waals surface area contributed by atoms with Crippen molar-refractivity contribution in [3.05, 3.63) is 29.8 Å². The van der Waals surface area contributed by atoms with Gasteiger partial charge in [0.05, 0.1) is 6.10 Å². The standard InChI is InChI=1S/C16H27N3O2/c1-5-19(6-2)11-12(3)17-16(21)18-15-9-7-8-14(10-15)13(4)20/h7-10,12-13,20H,5-6,11H2,1-4H3,(H2,17,18,21). The maximum atomic E-state index is 12.0. The Labute approximate surface area is 127 Å². The van der Waals surface area contributed by atoms with Crippen LogP contribution in [0.3, 0.4) is 0 Å². The number of benzene rings is 1. The second kappa shape index (κ2) is 8.64. The molecule has 0 fully saturated rings. The van der Waals surface area contributed by atoms with E-state index in [-0.39, 0.29) is 12.1 Å². The van der Waals surface area contributed by atoms with Crippen LogP contribution in [-0.2, 0) is 0 Å². The first kappa shape index (κ1) is 17.5. The first-order valence-corrected chi connectivity index (χ1v) is 7.54. The van der Waals surface area contributed by atoms with E-state index in [2.05, 4.69) is 29.4 Å². The van der Waals surface area contributed by atoms with E-state index < -0.39 is 6.10 Å². The van der Waals surface area contributed by atoms with Gasteiger partial charge in [0.1, 0.15) is 0 Å². The molecule has 0 aliphatic rings. The first-order valence-electron chi connectivity index (χ1n) is 7.54. The van der Waals surface area contributed by atoms with Crippen molar-refractivity contribution >= 4 is 11.7 Å². The number of nitrogens with one attached hydrogen (secondary N) is 2. The molecule has 0 radical (unpaired) electrons. The molecular formula is C16H27N3O2. The molecule has 2 unspecified atom stereocenters. The van der Waals surface area contributed by atoms with Crippen molar-refractivity contribution in [2.75, 3.05) is 25.0 Å². The first-order chi connectivity index (χ1) is 9.96. The Hall–Kier alpha value is -1.59. The van der Waals surface area contributed by atoms with Gasteiger partial charge in [-0.1, -0.05) is 26.0 Å². The van der Waals surface area contributed by atoms with Crippen molar-refractivity contribution in [2.45, 2.75) is 39.8 Å². The summed E-state index contributed by atoms with van der Waals surface area (Å²) in [6.45, 7) is 10.7. The smallest absolute Gasteiger partial charge is 0.319 e. The second-order valence-electron chi connectivity index (χ2n) is 5.29. The molecule has 1 rings (SSSR count). The summed E-state index contributed by atoms with van der Waals surface area (Å²) in [6.07, 6.45) is -0.545. The van der Waals surface area contributed by atoms with Crippen LogP contribution in [0, 0.1) is 0 Å². The van der Waals surface area contributed by atoms with Crippen LogP contribution < -0.4 is 10.6 Å². The number of aliphatic hydroxyl groups excluding tert-OH is 1. The molecule has 0 aliphatic carbocycles. The molecule has 0 spiro atoms. The van der Waals surface area contributed by atoms with Crippen molar-refractivity contribution in [3.63, 3.8) is 0 Å². The molecule has 0 aromatic heterocycles. The Morgan fingerprint density at radius 3 is 2.52 bits per heavy atom. The number of urea groups is 1. The van der Waals surface area contributed by atoms with Gasteiger partial charge in [-0.3, -0.25) is 0 Å². The number of likely N-dealkylation sites (N-methyl/N-ethyl adjacent to an activating group) is 1. The van der Waals surface area contributed by atoms with Crippen molar-refractivity contribution in [2.24, 2.45) is 0 Å². The zero-order valence-electron chi connectivity index (χ0n) is 13.4. The molecule has 0 heterocycles. The quantitative estimate of drug-likeness (QED) is 0.724. The topological polar surface area (TPSA) is 64.6 Å². The van der Waals surface area contributed by atoms with Crippen molar-refractivity contribution in [1.29, 1.82) is 0 Å². The number of anilines is 1. The van der Waals surface area contributed by atoms with E-state index in [0.29, 0.717) is 5.69 Å². The van der Waals surface area contributed by atoms with Crippen molar-refractivity contribution in [1.82, 2.24) is 10.2 Å². The van der Waals surface area contributed by atoms with Crippen LogP contribution >= 0.6 is 0 Å². The van der Waals surface area contributed by atoms with Crippen LogP contribution in [0.4, 0.5) is 10.5 Å². The SMILES string of the molecule is CCN(CC)CC(C)NC(=O)Nc1cccc(C(C)O)c1. The Kier molecular flexibility index (Phi) is 7.19. The van der Waals surface area contributed by atoms with E-state index in [0.717, 1.165) is 25.2 Å². The summed E-state index contributed by atoms with van der Waals surface area (Å²) in [5, 5.41) is 15.3. The lowest BCUT2D eigenvalue weighted by Crippen LogP contribution is -2.43. The monoisotopic (exact) mass is 293 g/mol. The van der Waals surface area contributed by atoms with Crippen LogP contribution in [0.15, 0.2) is 24.3 Å². The summed E-state index contributed by atoms with van der Waals surface area (Å²) in [5.74, 6) is 0. The fraction of sp³-hybridized carbons (Fsp3) is 0.562. The van der Waals surface area contributed by atoms with Gasteiger partial charge in [-0.05, 0) is 44.6 Å². The van der Waals surface area contributed by atoms with Gasteiger partial charge in [0, 0.05) is 18.3 Å². The van der Waals surface area contributed by atoms with Crippen LogP contribution in [0.2, 0.25) is 0 Å². The molecule has 0 saturated carbocycles. The van der Waals surface area contributed by atoms with Crippen molar-refractivity contribution < 1.29 is 9.90 Å². The Bertz CT molecular complexity index is 445. The van der Waals surface area contributed by atoms with E-state index in [4.69, 9.17) is 0 Å². The molecule has 0 aliphatic heterocycles. The summed E-state index contributed by atoms with van der Waals surface area (Å²) >= 11 is 0. The number of nitrogens with zero attached hydrogens (tertiary/aromatic N) is 1. The van der Waals surface area contributed by atoms with Gasteiger partial charge < -0.3 is 20.6 Å². The molecule has 21 heavy (non-hydrogen) atoms. The predicted octanol–water partition coefficient (Wildman–Crippen LogP) is 2.59. The average Bonchev–Trinajstić information content (AvgIpc) is 2.44. The van der Waals surface area contributed by atoms with Crippen LogP contribution in [-0.4, -0.2) is 41.7 Å². The molecule has 3 N–H and O–H groups in total. The largest absolute Gasteiger partial charge is 0.389 e. The van der Waals surface area contributed by atoms with Crippen LogP contribution in [0.25, 0.3) is 0 Å². The van der Waals surface area contributed by atoms with Gasteiger partial charge in [-0.2, -0.15) is 0 Å². The minimum Gasteiger partial charge on any atom is -0.389 e.